The van der Waals surface area contributed by atoms with Crippen LogP contribution in [-0.2, 0) is 0 Å². The minimum atomic E-state index is 0.151. The number of aromatic nitrogens is 3. The Morgan fingerprint density at radius 2 is 2.06 bits per heavy atom. The number of nitrogens with one attached hydrogen (secondary N) is 1. The molecule has 1 N–H and O–H groups in total. The average molecular weight is 228 g/mol. The molecular weight excluding hydrogens is 212 g/mol. The minimum Gasteiger partial charge on any atom is -0.346 e. The molecule has 1 atom stereocenters. The number of aryl methyl sites for hydroxylation is 1. The summed E-state index contributed by atoms with van der Waals surface area (Å²) in [5, 5.41) is 3.30. The molecule has 17 heavy (non-hydrogen) atoms. The molecule has 0 aromatic carbocycles. The quantitative estimate of drug-likeness (QED) is 0.874. The Balaban J connectivity index is 2.16. The highest BCUT2D eigenvalue weighted by molar-refractivity contribution is 5.29. The van der Waals surface area contributed by atoms with E-state index in [1.807, 2.05) is 31.2 Å². The van der Waals surface area contributed by atoms with Crippen LogP contribution in [0.3, 0.4) is 0 Å². The van der Waals surface area contributed by atoms with Crippen LogP contribution in [0.4, 0.5) is 5.95 Å². The first-order chi connectivity index (χ1) is 8.29. The summed E-state index contributed by atoms with van der Waals surface area (Å²) in [6, 6.07) is 7.95. The zero-order valence-corrected chi connectivity index (χ0v) is 10.1. The fraction of sp³-hybridized carbons (Fsp3) is 0.308. The van der Waals surface area contributed by atoms with Crippen LogP contribution in [0.2, 0.25) is 0 Å². The van der Waals surface area contributed by atoms with Crippen molar-refractivity contribution in [3.8, 4) is 0 Å². The largest absolute Gasteiger partial charge is 0.346 e. The summed E-state index contributed by atoms with van der Waals surface area (Å²) in [4.78, 5) is 12.9. The molecule has 0 saturated carbocycles. The molecule has 88 valence electrons. The molecule has 0 aliphatic carbocycles. The van der Waals surface area contributed by atoms with Crippen molar-refractivity contribution in [3.05, 3.63) is 48.0 Å². The highest BCUT2D eigenvalue weighted by atomic mass is 15.1. The lowest BCUT2D eigenvalue weighted by atomic mass is 10.1. The predicted octanol–water partition coefficient (Wildman–Crippen LogP) is 2.74. The lowest BCUT2D eigenvalue weighted by Crippen LogP contribution is -2.13. The number of pyridine rings is 1. The monoisotopic (exact) mass is 228 g/mol. The summed E-state index contributed by atoms with van der Waals surface area (Å²) < 4.78 is 0. The molecule has 2 aromatic heterocycles. The molecule has 0 saturated heterocycles. The highest BCUT2D eigenvalue weighted by Crippen LogP contribution is 2.18. The van der Waals surface area contributed by atoms with Crippen LogP contribution >= 0.6 is 0 Å². The molecule has 0 radical (unpaired) electrons. The van der Waals surface area contributed by atoms with Crippen LogP contribution in [-0.4, -0.2) is 15.0 Å². The van der Waals surface area contributed by atoms with Crippen molar-refractivity contribution in [2.24, 2.45) is 0 Å². The van der Waals surface area contributed by atoms with Crippen molar-refractivity contribution in [2.45, 2.75) is 26.3 Å². The number of hydrogen-bond acceptors (Lipinski definition) is 4. The first-order valence-electron chi connectivity index (χ1n) is 5.76. The maximum Gasteiger partial charge on any atom is 0.223 e. The standard InChI is InChI=1S/C13H16N4/c1-3-11(12-6-4-5-8-14-12)17-13-15-9-7-10(2)16-13/h4-9,11H,3H2,1-2H3,(H,15,16,17)/t11-/m0/s1. The predicted molar refractivity (Wildman–Crippen MR) is 67.7 cm³/mol. The van der Waals surface area contributed by atoms with Gasteiger partial charge >= 0.3 is 0 Å². The smallest absolute Gasteiger partial charge is 0.223 e. The Bertz CT molecular complexity index is 470. The van der Waals surface area contributed by atoms with Gasteiger partial charge in [0.2, 0.25) is 5.95 Å². The Hall–Kier alpha value is -1.97. The van der Waals surface area contributed by atoms with Crippen LogP contribution in [0.15, 0.2) is 36.7 Å². The average Bonchev–Trinajstić information content (AvgIpc) is 2.37. The van der Waals surface area contributed by atoms with Gasteiger partial charge in [-0.3, -0.25) is 4.98 Å². The molecule has 0 amide bonds. The second kappa shape index (κ2) is 5.39. The van der Waals surface area contributed by atoms with Crippen molar-refractivity contribution in [2.75, 3.05) is 5.32 Å². The first kappa shape index (κ1) is 11.5. The third kappa shape index (κ3) is 3.00. The molecular formula is C13H16N4. The van der Waals surface area contributed by atoms with E-state index in [0.717, 1.165) is 17.8 Å². The van der Waals surface area contributed by atoms with E-state index in [2.05, 4.69) is 27.2 Å². The van der Waals surface area contributed by atoms with Gasteiger partial charge in [-0.2, -0.15) is 0 Å². The van der Waals surface area contributed by atoms with E-state index in [4.69, 9.17) is 0 Å². The number of anilines is 1. The normalized spacial score (nSPS) is 12.1. The molecule has 2 rings (SSSR count). The fourth-order valence-electron chi connectivity index (χ4n) is 1.64. The van der Waals surface area contributed by atoms with Crippen LogP contribution in [0.25, 0.3) is 0 Å². The number of hydrogen-bond donors (Lipinski definition) is 1. The third-order valence-electron chi connectivity index (χ3n) is 2.55. The van der Waals surface area contributed by atoms with Crippen LogP contribution < -0.4 is 5.32 Å². The lowest BCUT2D eigenvalue weighted by molar-refractivity contribution is 0.713. The zero-order valence-electron chi connectivity index (χ0n) is 10.1. The van der Waals surface area contributed by atoms with E-state index < -0.39 is 0 Å². The van der Waals surface area contributed by atoms with Gasteiger partial charge in [0.15, 0.2) is 0 Å². The Kier molecular flexibility index (Phi) is 3.65. The van der Waals surface area contributed by atoms with Crippen molar-refractivity contribution >= 4 is 5.95 Å². The molecule has 0 bridgehead atoms. The van der Waals surface area contributed by atoms with Crippen molar-refractivity contribution in [3.63, 3.8) is 0 Å². The molecule has 4 heteroatoms. The van der Waals surface area contributed by atoms with Crippen LogP contribution in [0.5, 0.6) is 0 Å². The lowest BCUT2D eigenvalue weighted by Gasteiger charge is -2.16. The van der Waals surface area contributed by atoms with Gasteiger partial charge < -0.3 is 5.32 Å². The van der Waals surface area contributed by atoms with Gasteiger partial charge in [-0.05, 0) is 31.5 Å². The Morgan fingerprint density at radius 1 is 1.18 bits per heavy atom. The second-order valence-electron chi connectivity index (χ2n) is 3.88. The van der Waals surface area contributed by atoms with Gasteiger partial charge in [0.1, 0.15) is 0 Å². The maximum absolute atomic E-state index is 4.35. The number of nitrogens with zero attached hydrogens (tertiary/aromatic N) is 3. The van der Waals surface area contributed by atoms with E-state index in [1.54, 1.807) is 12.4 Å². The van der Waals surface area contributed by atoms with Gasteiger partial charge in [0, 0.05) is 18.1 Å². The van der Waals surface area contributed by atoms with Gasteiger partial charge in [-0.25, -0.2) is 9.97 Å². The van der Waals surface area contributed by atoms with E-state index in [0.29, 0.717) is 5.95 Å². The molecule has 4 nitrogen and oxygen atoms in total. The summed E-state index contributed by atoms with van der Waals surface area (Å²) in [7, 11) is 0. The Labute approximate surface area is 101 Å². The highest BCUT2D eigenvalue weighted by Gasteiger charge is 2.11. The van der Waals surface area contributed by atoms with Gasteiger partial charge in [0.05, 0.1) is 11.7 Å². The SMILES string of the molecule is CC[C@H](Nc1nccc(C)n1)c1ccccn1. The Morgan fingerprint density at radius 3 is 2.71 bits per heavy atom. The van der Waals surface area contributed by atoms with Crippen LogP contribution in [0.1, 0.15) is 30.8 Å². The molecule has 0 aliphatic rings. The number of rotatable bonds is 4. The molecule has 0 spiro atoms. The molecule has 0 unspecified atom stereocenters. The maximum atomic E-state index is 4.35. The zero-order chi connectivity index (χ0) is 12.1. The molecule has 2 aromatic rings. The molecule has 0 aliphatic heterocycles. The fourth-order valence-corrected chi connectivity index (χ4v) is 1.64. The summed E-state index contributed by atoms with van der Waals surface area (Å²) >= 11 is 0. The van der Waals surface area contributed by atoms with Gasteiger partial charge in [-0.1, -0.05) is 13.0 Å². The van der Waals surface area contributed by atoms with E-state index in [-0.39, 0.29) is 6.04 Å². The van der Waals surface area contributed by atoms with Crippen molar-refractivity contribution < 1.29 is 0 Å². The van der Waals surface area contributed by atoms with Crippen molar-refractivity contribution in [1.82, 2.24) is 15.0 Å². The van der Waals surface area contributed by atoms with E-state index >= 15 is 0 Å². The summed E-state index contributed by atoms with van der Waals surface area (Å²) in [5.74, 6) is 0.655. The first-order valence-corrected chi connectivity index (χ1v) is 5.76. The van der Waals surface area contributed by atoms with Crippen molar-refractivity contribution in [1.29, 1.82) is 0 Å². The van der Waals surface area contributed by atoms with Crippen LogP contribution in [0, 0.1) is 6.92 Å². The minimum absolute atomic E-state index is 0.151. The summed E-state index contributed by atoms with van der Waals surface area (Å²) in [5.41, 5.74) is 1.97. The molecule has 2 heterocycles. The van der Waals surface area contributed by atoms with Gasteiger partial charge in [-0.15, -0.1) is 0 Å². The topological polar surface area (TPSA) is 50.7 Å². The second-order valence-corrected chi connectivity index (χ2v) is 3.88. The summed E-state index contributed by atoms with van der Waals surface area (Å²) in [6.45, 7) is 4.07. The molecule has 0 fully saturated rings. The summed E-state index contributed by atoms with van der Waals surface area (Å²) in [6.07, 6.45) is 4.50. The third-order valence-corrected chi connectivity index (χ3v) is 2.55. The van der Waals surface area contributed by atoms with E-state index in [9.17, 15) is 0 Å². The van der Waals surface area contributed by atoms with Gasteiger partial charge in [0.25, 0.3) is 0 Å². The van der Waals surface area contributed by atoms with E-state index in [1.165, 1.54) is 0 Å².